The van der Waals surface area contributed by atoms with Gasteiger partial charge in [0.15, 0.2) is 11.5 Å². The molecule has 1 aromatic rings. The summed E-state index contributed by atoms with van der Waals surface area (Å²) in [6.07, 6.45) is 3.08. The van der Waals surface area contributed by atoms with Crippen LogP contribution in [0.4, 0.5) is 0 Å². The van der Waals surface area contributed by atoms with Gasteiger partial charge in [-0.25, -0.2) is 4.79 Å². The Morgan fingerprint density at radius 1 is 1.33 bits per heavy atom. The van der Waals surface area contributed by atoms with Crippen molar-refractivity contribution in [1.82, 2.24) is 0 Å². The first-order chi connectivity index (χ1) is 8.70. The van der Waals surface area contributed by atoms with Crippen molar-refractivity contribution in [2.24, 2.45) is 4.99 Å². The molecule has 5 nitrogen and oxygen atoms in total. The molecule has 0 spiro atoms. The maximum Gasteiger partial charge on any atom is 0.235 e. The molecule has 1 saturated carbocycles. The van der Waals surface area contributed by atoms with Crippen LogP contribution in [0.15, 0.2) is 17.1 Å². The molecule has 0 aliphatic heterocycles. The molecule has 18 heavy (non-hydrogen) atoms. The molecule has 1 fully saturated rings. The largest absolute Gasteiger partial charge is 0.493 e. The number of benzene rings is 1. The minimum Gasteiger partial charge on any atom is -0.493 e. The number of rotatable bonds is 4. The van der Waals surface area contributed by atoms with E-state index in [1.165, 1.54) is 14.2 Å². The van der Waals surface area contributed by atoms with Crippen molar-refractivity contribution in [3.63, 3.8) is 0 Å². The average molecular weight is 244 g/mol. The summed E-state index contributed by atoms with van der Waals surface area (Å²) < 4.78 is 10.5. The van der Waals surface area contributed by atoms with Crippen molar-refractivity contribution < 1.29 is 14.3 Å². The van der Waals surface area contributed by atoms with Crippen molar-refractivity contribution in [2.45, 2.75) is 18.4 Å². The summed E-state index contributed by atoms with van der Waals surface area (Å²) in [5.41, 5.74) is 0.576. The van der Waals surface area contributed by atoms with E-state index in [0.29, 0.717) is 22.6 Å². The number of isocyanates is 1. The zero-order chi connectivity index (χ0) is 13.2. The van der Waals surface area contributed by atoms with Crippen molar-refractivity contribution >= 4 is 6.08 Å². The Balaban J connectivity index is 2.65. The fraction of sp³-hybridized carbons (Fsp3) is 0.385. The summed E-state index contributed by atoms with van der Waals surface area (Å²) in [5, 5.41) is 9.01. The fourth-order valence-corrected chi connectivity index (χ4v) is 2.02. The van der Waals surface area contributed by atoms with Gasteiger partial charge in [-0.2, -0.15) is 10.3 Å². The second-order valence-corrected chi connectivity index (χ2v) is 4.11. The van der Waals surface area contributed by atoms with Gasteiger partial charge in [-0.15, -0.1) is 0 Å². The van der Waals surface area contributed by atoms with Crippen LogP contribution in [-0.4, -0.2) is 20.3 Å². The first-order valence-electron chi connectivity index (χ1n) is 5.46. The number of aliphatic imine (C=N–C) groups is 1. The van der Waals surface area contributed by atoms with Gasteiger partial charge in [-0.3, -0.25) is 0 Å². The molecule has 92 valence electrons. The lowest BCUT2D eigenvalue weighted by molar-refractivity contribution is 0.348. The molecule has 0 amide bonds. The molecule has 2 rings (SSSR count). The van der Waals surface area contributed by atoms with Crippen LogP contribution in [0.25, 0.3) is 0 Å². The molecule has 5 heteroatoms. The lowest BCUT2D eigenvalue weighted by Gasteiger charge is -2.16. The van der Waals surface area contributed by atoms with Crippen LogP contribution in [0.5, 0.6) is 11.5 Å². The third-order valence-electron chi connectivity index (χ3n) is 3.09. The molecule has 0 bridgehead atoms. The van der Waals surface area contributed by atoms with E-state index >= 15 is 0 Å². The molecule has 0 aromatic heterocycles. The summed E-state index contributed by atoms with van der Waals surface area (Å²) in [4.78, 5) is 14.4. The third kappa shape index (κ3) is 1.83. The normalized spacial score (nSPS) is 15.2. The summed E-state index contributed by atoms with van der Waals surface area (Å²) in [7, 11) is 3.03. The summed E-state index contributed by atoms with van der Waals surface area (Å²) in [6, 6.07) is 5.35. The van der Waals surface area contributed by atoms with E-state index in [9.17, 15) is 4.79 Å². The maximum absolute atomic E-state index is 10.5. The molecule has 0 radical (unpaired) electrons. The van der Waals surface area contributed by atoms with Gasteiger partial charge >= 0.3 is 0 Å². The van der Waals surface area contributed by atoms with Crippen LogP contribution in [0.2, 0.25) is 0 Å². The van der Waals surface area contributed by atoms with E-state index in [0.717, 1.165) is 12.8 Å². The summed E-state index contributed by atoms with van der Waals surface area (Å²) in [5.74, 6) is 0.993. The van der Waals surface area contributed by atoms with Crippen molar-refractivity contribution in [2.75, 3.05) is 14.2 Å². The zero-order valence-corrected chi connectivity index (χ0v) is 10.2. The highest BCUT2D eigenvalue weighted by atomic mass is 16.5. The molecule has 1 aromatic carbocycles. The van der Waals surface area contributed by atoms with Crippen LogP contribution in [0, 0.1) is 11.3 Å². The molecule has 1 aliphatic rings. The molecule has 0 saturated heterocycles. The van der Waals surface area contributed by atoms with Crippen molar-refractivity contribution in [1.29, 1.82) is 5.26 Å². The van der Waals surface area contributed by atoms with Crippen molar-refractivity contribution in [3.8, 4) is 17.6 Å². The maximum atomic E-state index is 10.5. The Labute approximate surface area is 105 Å². The van der Waals surface area contributed by atoms with E-state index in [1.807, 2.05) is 0 Å². The first kappa shape index (κ1) is 12.2. The van der Waals surface area contributed by atoms with E-state index < -0.39 is 5.54 Å². The van der Waals surface area contributed by atoms with Crippen LogP contribution in [0.1, 0.15) is 24.0 Å². The number of hydrogen-bond donors (Lipinski definition) is 0. The smallest absolute Gasteiger partial charge is 0.235 e. The number of hydrogen-bond acceptors (Lipinski definition) is 5. The van der Waals surface area contributed by atoms with Crippen LogP contribution >= 0.6 is 0 Å². The molecular weight excluding hydrogens is 232 g/mol. The summed E-state index contributed by atoms with van der Waals surface area (Å²) >= 11 is 0. The predicted octanol–water partition coefficient (Wildman–Crippen LogP) is 1.90. The molecule has 0 unspecified atom stereocenters. The highest BCUT2D eigenvalue weighted by Gasteiger charge is 2.47. The van der Waals surface area contributed by atoms with E-state index in [-0.39, 0.29) is 0 Å². The molecule has 0 atom stereocenters. The Hall–Kier alpha value is -2.31. The topological polar surface area (TPSA) is 71.7 Å². The Bertz CT molecular complexity index is 564. The number of nitriles is 1. The van der Waals surface area contributed by atoms with Gasteiger partial charge in [0.2, 0.25) is 6.08 Å². The SMILES string of the molecule is COc1cc(C#N)cc(C2(N=C=O)CC2)c1OC. The fourth-order valence-electron chi connectivity index (χ4n) is 2.02. The third-order valence-corrected chi connectivity index (χ3v) is 3.09. The average Bonchev–Trinajstić information content (AvgIpc) is 3.18. The number of carbonyl (C=O) groups excluding carboxylic acids is 1. The van der Waals surface area contributed by atoms with Crippen LogP contribution < -0.4 is 9.47 Å². The number of methoxy groups -OCH3 is 2. The highest BCUT2D eigenvalue weighted by molar-refractivity contribution is 5.57. The lowest BCUT2D eigenvalue weighted by atomic mass is 10.0. The van der Waals surface area contributed by atoms with E-state index in [1.54, 1.807) is 18.2 Å². The first-order valence-corrected chi connectivity index (χ1v) is 5.46. The number of nitrogens with zero attached hydrogens (tertiary/aromatic N) is 2. The predicted molar refractivity (Wildman–Crippen MR) is 63.3 cm³/mol. The molecule has 0 heterocycles. The Kier molecular flexibility index (Phi) is 3.05. The quantitative estimate of drug-likeness (QED) is 0.599. The standard InChI is InChI=1S/C13H12N2O3/c1-17-11-6-9(7-14)5-10(12(11)18-2)13(3-4-13)15-8-16/h5-6H,3-4H2,1-2H3. The summed E-state index contributed by atoms with van der Waals surface area (Å²) in [6.45, 7) is 0. The lowest BCUT2D eigenvalue weighted by Crippen LogP contribution is -2.07. The van der Waals surface area contributed by atoms with Gasteiger partial charge < -0.3 is 9.47 Å². The van der Waals surface area contributed by atoms with E-state index in [4.69, 9.17) is 14.7 Å². The van der Waals surface area contributed by atoms with Gasteiger partial charge in [0.25, 0.3) is 0 Å². The minimum atomic E-state index is -0.590. The molecule has 1 aliphatic carbocycles. The molecule has 0 N–H and O–H groups in total. The van der Waals surface area contributed by atoms with E-state index in [2.05, 4.69) is 11.1 Å². The van der Waals surface area contributed by atoms with Gasteiger partial charge in [0.05, 0.1) is 25.9 Å². The van der Waals surface area contributed by atoms with Crippen LogP contribution in [0.3, 0.4) is 0 Å². The minimum absolute atomic E-state index is 0.454. The Morgan fingerprint density at radius 2 is 2.06 bits per heavy atom. The second kappa shape index (κ2) is 4.52. The second-order valence-electron chi connectivity index (χ2n) is 4.11. The van der Waals surface area contributed by atoms with Crippen molar-refractivity contribution in [3.05, 3.63) is 23.3 Å². The highest BCUT2D eigenvalue weighted by Crippen LogP contribution is 2.54. The van der Waals surface area contributed by atoms with Gasteiger partial charge in [0.1, 0.15) is 5.54 Å². The monoisotopic (exact) mass is 244 g/mol. The van der Waals surface area contributed by atoms with Crippen LogP contribution in [-0.2, 0) is 10.3 Å². The number of ether oxygens (including phenoxy) is 2. The molecular formula is C13H12N2O3. The van der Waals surface area contributed by atoms with Gasteiger partial charge in [-0.1, -0.05) is 0 Å². The zero-order valence-electron chi connectivity index (χ0n) is 10.2. The van der Waals surface area contributed by atoms with Gasteiger partial charge in [0, 0.05) is 11.6 Å². The Morgan fingerprint density at radius 3 is 2.50 bits per heavy atom. The van der Waals surface area contributed by atoms with Gasteiger partial charge in [-0.05, 0) is 18.9 Å².